The van der Waals surface area contributed by atoms with Crippen molar-refractivity contribution < 1.29 is 14.3 Å². The van der Waals surface area contributed by atoms with Gasteiger partial charge >= 0.3 is 0 Å². The number of morpholine rings is 1. The highest BCUT2D eigenvalue weighted by molar-refractivity contribution is 5.99. The lowest BCUT2D eigenvalue weighted by Gasteiger charge is -2.35. The number of hydrogen-bond donors (Lipinski definition) is 2. The summed E-state index contributed by atoms with van der Waals surface area (Å²) in [7, 11) is 1.80. The molecular weight excluding hydrogens is 344 g/mol. The van der Waals surface area contributed by atoms with E-state index in [1.54, 1.807) is 11.9 Å². The number of rotatable bonds is 7. The molecule has 7 nitrogen and oxygen atoms in total. The second-order valence-electron chi connectivity index (χ2n) is 7.77. The van der Waals surface area contributed by atoms with Crippen molar-refractivity contribution in [3.05, 3.63) is 35.4 Å². The number of likely N-dealkylation sites (N-methyl/N-ethyl adjacent to an activating group) is 1. The summed E-state index contributed by atoms with van der Waals surface area (Å²) >= 11 is 0. The predicted molar refractivity (Wildman–Crippen MR) is 105 cm³/mol. The maximum atomic E-state index is 12.3. The van der Waals surface area contributed by atoms with Crippen molar-refractivity contribution in [2.45, 2.75) is 32.0 Å². The molecule has 0 aliphatic carbocycles. The summed E-state index contributed by atoms with van der Waals surface area (Å²) in [5.74, 6) is 0.918. The summed E-state index contributed by atoms with van der Waals surface area (Å²) in [6.07, 6.45) is 0. The first kappa shape index (κ1) is 19.8. The van der Waals surface area contributed by atoms with Gasteiger partial charge in [0.05, 0.1) is 31.4 Å². The molecule has 0 bridgehead atoms. The second kappa shape index (κ2) is 8.82. The molecule has 0 aromatic heterocycles. The number of carbonyl (C=O) groups is 1. The lowest BCUT2D eigenvalue weighted by molar-refractivity contribution is -0.136. The van der Waals surface area contributed by atoms with E-state index < -0.39 is 0 Å². The summed E-state index contributed by atoms with van der Waals surface area (Å²) in [6, 6.07) is 8.28. The topological polar surface area (TPSA) is 75.2 Å². The quantitative estimate of drug-likeness (QED) is 0.738. The van der Waals surface area contributed by atoms with Crippen LogP contribution in [0.25, 0.3) is 0 Å². The van der Waals surface area contributed by atoms with Crippen molar-refractivity contribution in [3.63, 3.8) is 0 Å². The molecular formula is C20H30N4O3. The van der Waals surface area contributed by atoms with Crippen LogP contribution in [0.3, 0.4) is 0 Å². The van der Waals surface area contributed by atoms with Gasteiger partial charge in [-0.3, -0.25) is 9.79 Å². The van der Waals surface area contributed by atoms with E-state index in [-0.39, 0.29) is 24.2 Å². The molecule has 1 aromatic carbocycles. The third kappa shape index (κ3) is 5.76. The minimum atomic E-state index is -0.136. The van der Waals surface area contributed by atoms with Gasteiger partial charge in [-0.15, -0.1) is 0 Å². The zero-order valence-corrected chi connectivity index (χ0v) is 16.5. The molecule has 1 aromatic rings. The van der Waals surface area contributed by atoms with Crippen LogP contribution in [0.15, 0.2) is 29.3 Å². The summed E-state index contributed by atoms with van der Waals surface area (Å²) < 4.78 is 11.3. The van der Waals surface area contributed by atoms with Crippen molar-refractivity contribution in [3.8, 4) is 0 Å². The number of benzene rings is 1. The van der Waals surface area contributed by atoms with E-state index in [0.29, 0.717) is 19.8 Å². The molecule has 1 fully saturated rings. The molecule has 0 spiro atoms. The minimum absolute atomic E-state index is 0.0297. The van der Waals surface area contributed by atoms with Gasteiger partial charge in [-0.05, 0) is 19.4 Å². The Morgan fingerprint density at radius 1 is 1.37 bits per heavy atom. The third-order valence-electron chi connectivity index (χ3n) is 4.78. The fourth-order valence-electron chi connectivity index (χ4n) is 3.05. The van der Waals surface area contributed by atoms with Gasteiger partial charge in [0.15, 0.2) is 0 Å². The van der Waals surface area contributed by atoms with Gasteiger partial charge in [0.2, 0.25) is 5.91 Å². The molecule has 2 aliphatic heterocycles. The number of amidine groups is 1. The van der Waals surface area contributed by atoms with Gasteiger partial charge in [0.1, 0.15) is 12.4 Å². The normalized spacial score (nSPS) is 21.4. The average molecular weight is 374 g/mol. The Morgan fingerprint density at radius 3 is 2.78 bits per heavy atom. The molecule has 1 amide bonds. The predicted octanol–water partition coefficient (Wildman–Crippen LogP) is 0.778. The van der Waals surface area contributed by atoms with Crippen molar-refractivity contribution in [2.75, 3.05) is 46.5 Å². The standard InChI is InChI=1S/C20H30N4O3/c1-20(2)14-23-17(12-27-20)11-26-13-18(25)24(3)10-15-4-6-16(7-5-15)19-21-8-9-22-19/h4-7,17,23H,8-14H2,1-3H3,(H,21,22)/t17-/m1/s1. The maximum absolute atomic E-state index is 12.3. The van der Waals surface area contributed by atoms with Gasteiger partial charge in [0.25, 0.3) is 0 Å². The van der Waals surface area contributed by atoms with Crippen LogP contribution in [-0.2, 0) is 20.8 Å². The number of nitrogens with zero attached hydrogens (tertiary/aromatic N) is 2. The van der Waals surface area contributed by atoms with E-state index >= 15 is 0 Å². The molecule has 0 radical (unpaired) electrons. The molecule has 1 atom stereocenters. The van der Waals surface area contributed by atoms with E-state index in [4.69, 9.17) is 9.47 Å². The van der Waals surface area contributed by atoms with Crippen LogP contribution in [0.4, 0.5) is 0 Å². The maximum Gasteiger partial charge on any atom is 0.248 e. The van der Waals surface area contributed by atoms with Gasteiger partial charge in [0, 0.05) is 32.2 Å². The zero-order chi connectivity index (χ0) is 19.3. The van der Waals surface area contributed by atoms with E-state index in [2.05, 4.69) is 29.5 Å². The zero-order valence-electron chi connectivity index (χ0n) is 16.5. The Morgan fingerprint density at radius 2 is 2.15 bits per heavy atom. The van der Waals surface area contributed by atoms with Crippen molar-refractivity contribution in [1.82, 2.24) is 15.5 Å². The highest BCUT2D eigenvalue weighted by atomic mass is 16.5. The molecule has 0 unspecified atom stereocenters. The summed E-state index contributed by atoms with van der Waals surface area (Å²) in [5.41, 5.74) is 2.03. The average Bonchev–Trinajstić information content (AvgIpc) is 3.18. The Bertz CT molecular complexity index is 662. The van der Waals surface area contributed by atoms with E-state index in [1.807, 2.05) is 24.3 Å². The smallest absolute Gasteiger partial charge is 0.248 e. The Hall–Kier alpha value is -1.96. The van der Waals surface area contributed by atoms with Crippen LogP contribution in [0, 0.1) is 0 Å². The van der Waals surface area contributed by atoms with Crippen LogP contribution in [0.1, 0.15) is 25.0 Å². The first-order chi connectivity index (χ1) is 12.9. The Balaban J connectivity index is 1.38. The fraction of sp³-hybridized carbons (Fsp3) is 0.600. The second-order valence-corrected chi connectivity index (χ2v) is 7.77. The monoisotopic (exact) mass is 374 g/mol. The van der Waals surface area contributed by atoms with Crippen LogP contribution in [0.2, 0.25) is 0 Å². The lowest BCUT2D eigenvalue weighted by Crippen LogP contribution is -2.53. The largest absolute Gasteiger partial charge is 0.373 e. The number of ether oxygens (including phenoxy) is 2. The molecule has 3 rings (SSSR count). The van der Waals surface area contributed by atoms with Gasteiger partial charge < -0.3 is 25.0 Å². The van der Waals surface area contributed by atoms with Crippen LogP contribution in [-0.4, -0.2) is 74.8 Å². The summed E-state index contributed by atoms with van der Waals surface area (Å²) in [4.78, 5) is 18.4. The summed E-state index contributed by atoms with van der Waals surface area (Å²) in [5, 5.41) is 6.65. The van der Waals surface area contributed by atoms with Gasteiger partial charge in [-0.25, -0.2) is 0 Å². The van der Waals surface area contributed by atoms with E-state index in [0.717, 1.165) is 36.6 Å². The molecule has 0 saturated carbocycles. The molecule has 2 N–H and O–H groups in total. The highest BCUT2D eigenvalue weighted by Crippen LogP contribution is 2.13. The van der Waals surface area contributed by atoms with E-state index in [1.165, 1.54) is 0 Å². The number of amides is 1. The molecule has 1 saturated heterocycles. The molecule has 148 valence electrons. The number of aliphatic imine (C=N–C) groups is 1. The van der Waals surface area contributed by atoms with Crippen molar-refractivity contribution >= 4 is 11.7 Å². The fourth-order valence-corrected chi connectivity index (χ4v) is 3.05. The Kier molecular flexibility index (Phi) is 6.46. The SMILES string of the molecule is CN(Cc1ccc(C2=NCCN2)cc1)C(=O)COC[C@@H]1COC(C)(C)CN1. The molecule has 2 aliphatic rings. The number of hydrogen-bond acceptors (Lipinski definition) is 6. The minimum Gasteiger partial charge on any atom is -0.373 e. The van der Waals surface area contributed by atoms with Crippen LogP contribution < -0.4 is 10.6 Å². The molecule has 7 heteroatoms. The van der Waals surface area contributed by atoms with Crippen molar-refractivity contribution in [2.24, 2.45) is 4.99 Å². The first-order valence-corrected chi connectivity index (χ1v) is 9.50. The number of nitrogens with one attached hydrogen (secondary N) is 2. The van der Waals surface area contributed by atoms with Crippen LogP contribution >= 0.6 is 0 Å². The lowest BCUT2D eigenvalue weighted by atomic mass is 10.1. The molecule has 2 heterocycles. The first-order valence-electron chi connectivity index (χ1n) is 9.50. The van der Waals surface area contributed by atoms with Crippen LogP contribution in [0.5, 0.6) is 0 Å². The van der Waals surface area contributed by atoms with Gasteiger partial charge in [-0.1, -0.05) is 24.3 Å². The highest BCUT2D eigenvalue weighted by Gasteiger charge is 2.27. The Labute approximate surface area is 161 Å². The number of carbonyl (C=O) groups excluding carboxylic acids is 1. The summed E-state index contributed by atoms with van der Waals surface area (Å²) in [6.45, 7) is 8.33. The van der Waals surface area contributed by atoms with Gasteiger partial charge in [-0.2, -0.15) is 0 Å². The third-order valence-corrected chi connectivity index (χ3v) is 4.78. The van der Waals surface area contributed by atoms with Crippen molar-refractivity contribution in [1.29, 1.82) is 0 Å². The molecule has 27 heavy (non-hydrogen) atoms. The van der Waals surface area contributed by atoms with E-state index in [9.17, 15) is 4.79 Å².